The topological polar surface area (TPSA) is 79.8 Å². The Hall–Kier alpha value is -1.94. The van der Waals surface area contributed by atoms with Gasteiger partial charge in [-0.25, -0.2) is 16.9 Å². The molecule has 2 aliphatic heterocycles. The number of pyridine rings is 1. The maximum Gasteiger partial charge on any atom is 0.265 e. The van der Waals surface area contributed by atoms with Crippen LogP contribution in [0.4, 0.5) is 0 Å². The quantitative estimate of drug-likeness (QED) is 0.384. The summed E-state index contributed by atoms with van der Waals surface area (Å²) in [6.45, 7) is 3.92. The van der Waals surface area contributed by atoms with Gasteiger partial charge in [0.1, 0.15) is 10.6 Å². The van der Waals surface area contributed by atoms with E-state index in [9.17, 15) is 12.6 Å². The molecule has 212 valence electrons. The number of sulfonamides is 1. The number of aryl methyl sites for hydroxylation is 1. The van der Waals surface area contributed by atoms with Crippen molar-refractivity contribution in [2.24, 2.45) is 5.41 Å². The fourth-order valence-electron chi connectivity index (χ4n) is 6.25. The van der Waals surface area contributed by atoms with Crippen molar-refractivity contribution in [3.63, 3.8) is 0 Å². The van der Waals surface area contributed by atoms with Gasteiger partial charge in [0.15, 0.2) is 0 Å². The molecule has 10 heteroatoms. The van der Waals surface area contributed by atoms with Crippen LogP contribution in [0.3, 0.4) is 0 Å². The fourth-order valence-corrected chi connectivity index (χ4v) is 9.79. The molecule has 39 heavy (non-hydrogen) atoms. The molecule has 0 amide bonds. The Morgan fingerprint density at radius 2 is 1.82 bits per heavy atom. The van der Waals surface area contributed by atoms with Crippen LogP contribution in [0.2, 0.25) is 5.02 Å². The lowest BCUT2D eigenvalue weighted by atomic mass is 9.68. The Morgan fingerprint density at radius 3 is 2.51 bits per heavy atom. The predicted octanol–water partition coefficient (Wildman–Crippen LogP) is 5.87. The third kappa shape index (κ3) is 6.53. The second-order valence-corrected chi connectivity index (χ2v) is 14.8. The maximum absolute atomic E-state index is 13.4. The standard InChI is InChI=1S/C29H38ClN3O4S2/c1-23-5-2-8-27(30)28(23)39(35,36)33-19-3-6-24(33)7-4-22-38(34)32-20-15-29(16-21-32)13-9-25(10-14-29)37-26-11-17-31-18-12-26/h2,5,7-8,11-12,17-18,25H,3-4,6,9-10,13-16,19-22H2,1H3/b24-7+. The van der Waals surface area contributed by atoms with E-state index in [1.807, 2.05) is 18.2 Å². The molecule has 7 nitrogen and oxygen atoms in total. The molecule has 5 rings (SSSR count). The first-order chi connectivity index (χ1) is 18.8. The van der Waals surface area contributed by atoms with Crippen molar-refractivity contribution in [3.8, 4) is 5.75 Å². The summed E-state index contributed by atoms with van der Waals surface area (Å²) in [5.41, 5.74) is 1.78. The zero-order valence-electron chi connectivity index (χ0n) is 22.6. The van der Waals surface area contributed by atoms with E-state index < -0.39 is 21.0 Å². The summed E-state index contributed by atoms with van der Waals surface area (Å²) < 4.78 is 49.7. The van der Waals surface area contributed by atoms with E-state index in [1.165, 1.54) is 4.31 Å². The molecule has 2 saturated heterocycles. The lowest BCUT2D eigenvalue weighted by Gasteiger charge is -2.45. The first kappa shape index (κ1) is 28.6. The van der Waals surface area contributed by atoms with Crippen LogP contribution in [-0.4, -0.2) is 57.7 Å². The fraction of sp³-hybridized carbons (Fsp3) is 0.552. The highest BCUT2D eigenvalue weighted by Gasteiger charge is 2.39. The highest BCUT2D eigenvalue weighted by molar-refractivity contribution is 7.89. The van der Waals surface area contributed by atoms with Crippen molar-refractivity contribution in [3.05, 3.63) is 65.1 Å². The van der Waals surface area contributed by atoms with Gasteiger partial charge in [0.05, 0.1) is 22.1 Å². The monoisotopic (exact) mass is 591 g/mol. The molecule has 1 unspecified atom stereocenters. The number of benzene rings is 1. The van der Waals surface area contributed by atoms with Crippen molar-refractivity contribution in [2.45, 2.75) is 75.7 Å². The van der Waals surface area contributed by atoms with Gasteiger partial charge in [0, 0.05) is 43.5 Å². The summed E-state index contributed by atoms with van der Waals surface area (Å²) in [4.78, 5) is 4.24. The highest BCUT2D eigenvalue weighted by atomic mass is 35.5. The van der Waals surface area contributed by atoms with Gasteiger partial charge in [-0.3, -0.25) is 9.29 Å². The SMILES string of the molecule is Cc1cccc(Cl)c1S(=O)(=O)N1CCC/C1=C\CCS(=O)N1CCC2(CCC(Oc3ccncc3)CC2)CC1. The number of hydrogen-bond acceptors (Lipinski definition) is 5. The highest BCUT2D eigenvalue weighted by Crippen LogP contribution is 2.45. The van der Waals surface area contributed by atoms with Crippen LogP contribution in [0, 0.1) is 12.3 Å². The number of hydrogen-bond donors (Lipinski definition) is 0. The summed E-state index contributed by atoms with van der Waals surface area (Å²) in [5.74, 6) is 1.40. The molecule has 1 atom stereocenters. The lowest BCUT2D eigenvalue weighted by Crippen LogP contribution is -2.44. The number of allylic oxidation sites excluding steroid dienone is 2. The Balaban J connectivity index is 1.10. The molecule has 1 aliphatic carbocycles. The molecule has 1 aromatic heterocycles. The van der Waals surface area contributed by atoms with E-state index in [0.717, 1.165) is 69.5 Å². The van der Waals surface area contributed by atoms with Crippen LogP contribution >= 0.6 is 11.6 Å². The second-order valence-electron chi connectivity index (χ2n) is 11.0. The van der Waals surface area contributed by atoms with E-state index >= 15 is 0 Å². The van der Waals surface area contributed by atoms with Crippen LogP contribution < -0.4 is 4.74 Å². The number of piperidine rings is 1. The van der Waals surface area contributed by atoms with Crippen molar-refractivity contribution in [1.82, 2.24) is 13.6 Å². The summed E-state index contributed by atoms with van der Waals surface area (Å²) in [5, 5.41) is 0.250. The summed E-state index contributed by atoms with van der Waals surface area (Å²) >= 11 is 6.29. The molecule has 2 aromatic rings. The summed E-state index contributed by atoms with van der Waals surface area (Å²) in [6.07, 6.45) is 14.4. The number of ether oxygens (including phenoxy) is 1. The first-order valence-corrected chi connectivity index (χ1v) is 17.0. The van der Waals surface area contributed by atoms with Crippen LogP contribution in [0.25, 0.3) is 0 Å². The number of rotatable bonds is 8. The van der Waals surface area contributed by atoms with E-state index in [4.69, 9.17) is 16.3 Å². The Morgan fingerprint density at radius 1 is 1.10 bits per heavy atom. The van der Waals surface area contributed by atoms with Gasteiger partial charge in [0.25, 0.3) is 10.0 Å². The van der Waals surface area contributed by atoms with Crippen LogP contribution in [0.15, 0.2) is 59.4 Å². The van der Waals surface area contributed by atoms with Gasteiger partial charge >= 0.3 is 0 Å². The minimum absolute atomic E-state index is 0.184. The molecular formula is C29H38ClN3O4S2. The molecule has 1 spiro atoms. The van der Waals surface area contributed by atoms with E-state index in [0.29, 0.717) is 36.1 Å². The van der Waals surface area contributed by atoms with E-state index in [2.05, 4.69) is 9.29 Å². The molecular weight excluding hydrogens is 554 g/mol. The molecule has 0 N–H and O–H groups in total. The van der Waals surface area contributed by atoms with Gasteiger partial charge in [-0.05, 0) is 93.9 Å². The molecule has 1 saturated carbocycles. The molecule has 3 heterocycles. The van der Waals surface area contributed by atoms with Crippen molar-refractivity contribution >= 4 is 32.6 Å². The van der Waals surface area contributed by atoms with Gasteiger partial charge in [0.2, 0.25) is 0 Å². The summed E-state index contributed by atoms with van der Waals surface area (Å²) in [7, 11) is -4.79. The zero-order valence-corrected chi connectivity index (χ0v) is 24.9. The third-order valence-corrected chi connectivity index (χ3v) is 12.5. The van der Waals surface area contributed by atoms with Crippen LogP contribution in [0.1, 0.15) is 63.4 Å². The van der Waals surface area contributed by atoms with Crippen molar-refractivity contribution in [2.75, 3.05) is 25.4 Å². The van der Waals surface area contributed by atoms with Crippen molar-refractivity contribution in [1.29, 1.82) is 0 Å². The molecule has 0 bridgehead atoms. The molecule has 3 fully saturated rings. The van der Waals surface area contributed by atoms with Crippen LogP contribution in [0.5, 0.6) is 5.75 Å². The number of aromatic nitrogens is 1. The Kier molecular flexibility index (Phi) is 9.01. The zero-order chi connectivity index (χ0) is 27.5. The van der Waals surface area contributed by atoms with Crippen LogP contribution in [-0.2, 0) is 21.0 Å². The predicted molar refractivity (Wildman–Crippen MR) is 155 cm³/mol. The average Bonchev–Trinajstić information content (AvgIpc) is 3.41. The van der Waals surface area contributed by atoms with E-state index in [1.54, 1.807) is 37.5 Å². The largest absolute Gasteiger partial charge is 0.490 e. The summed E-state index contributed by atoms with van der Waals surface area (Å²) in [6, 6.07) is 8.98. The number of nitrogens with zero attached hydrogens (tertiary/aromatic N) is 3. The average molecular weight is 592 g/mol. The first-order valence-electron chi connectivity index (χ1n) is 13.9. The number of halogens is 1. The molecule has 1 aromatic carbocycles. The lowest BCUT2D eigenvalue weighted by molar-refractivity contribution is 0.0442. The van der Waals surface area contributed by atoms with Gasteiger partial charge in [-0.15, -0.1) is 0 Å². The van der Waals surface area contributed by atoms with Gasteiger partial charge in [-0.2, -0.15) is 0 Å². The second kappa shape index (κ2) is 12.3. The minimum atomic E-state index is -3.72. The van der Waals surface area contributed by atoms with Crippen molar-refractivity contribution < 1.29 is 17.4 Å². The Bertz CT molecular complexity index is 1280. The normalized spacial score (nSPS) is 22.4. The third-order valence-electron chi connectivity index (χ3n) is 8.52. The smallest absolute Gasteiger partial charge is 0.265 e. The minimum Gasteiger partial charge on any atom is -0.490 e. The van der Waals surface area contributed by atoms with Gasteiger partial charge in [-0.1, -0.05) is 29.8 Å². The maximum atomic E-state index is 13.4. The Labute approximate surface area is 240 Å². The van der Waals surface area contributed by atoms with E-state index in [-0.39, 0.29) is 16.0 Å². The van der Waals surface area contributed by atoms with Gasteiger partial charge < -0.3 is 4.74 Å². The molecule has 3 aliphatic rings. The molecule has 0 radical (unpaired) electrons.